The van der Waals surface area contributed by atoms with Crippen LogP contribution in [0.4, 0.5) is 0 Å². The molecule has 1 aromatic carbocycles. The average Bonchev–Trinajstić information content (AvgIpc) is 2.35. The fourth-order valence-electron chi connectivity index (χ4n) is 1.20. The van der Waals surface area contributed by atoms with Crippen molar-refractivity contribution in [3.63, 3.8) is 0 Å². The van der Waals surface area contributed by atoms with Crippen LogP contribution in [0.5, 0.6) is 5.75 Å². The van der Waals surface area contributed by atoms with Crippen LogP contribution in [0.1, 0.15) is 0 Å². The molecule has 0 bridgehead atoms. The summed E-state index contributed by atoms with van der Waals surface area (Å²) in [5, 5.41) is 3.22. The third kappa shape index (κ3) is 7.60. The van der Waals surface area contributed by atoms with E-state index >= 15 is 0 Å². The Morgan fingerprint density at radius 2 is 1.76 bits per heavy atom. The summed E-state index contributed by atoms with van der Waals surface area (Å²) in [6, 6.07) is 7.80. The van der Waals surface area contributed by atoms with Gasteiger partial charge in [-0.25, -0.2) is 0 Å². The van der Waals surface area contributed by atoms with Gasteiger partial charge in [-0.3, -0.25) is 0 Å². The molecule has 0 aliphatic heterocycles. The normalized spacial score (nSPS) is 10.5. The zero-order chi connectivity index (χ0) is 12.3. The van der Waals surface area contributed by atoms with Gasteiger partial charge in [-0.1, -0.05) is 15.9 Å². The van der Waals surface area contributed by atoms with Gasteiger partial charge in [-0.15, -0.1) is 11.6 Å². The summed E-state index contributed by atoms with van der Waals surface area (Å²) < 4.78 is 11.8. The monoisotopic (exact) mass is 321 g/mol. The van der Waals surface area contributed by atoms with E-state index in [-0.39, 0.29) is 0 Å². The maximum atomic E-state index is 5.54. The van der Waals surface area contributed by atoms with Crippen molar-refractivity contribution in [3.8, 4) is 5.75 Å². The molecule has 0 amide bonds. The van der Waals surface area contributed by atoms with Crippen LogP contribution in [0.15, 0.2) is 28.7 Å². The van der Waals surface area contributed by atoms with Crippen LogP contribution in [0.2, 0.25) is 0 Å². The van der Waals surface area contributed by atoms with E-state index < -0.39 is 0 Å². The second-order valence-corrected chi connectivity index (χ2v) is 4.65. The minimum atomic E-state index is 0.548. The molecule has 0 fully saturated rings. The first-order valence-electron chi connectivity index (χ1n) is 5.55. The van der Waals surface area contributed by atoms with E-state index in [9.17, 15) is 0 Å². The number of halogens is 2. The second kappa shape index (κ2) is 9.71. The first kappa shape index (κ1) is 14.8. The quantitative estimate of drug-likeness (QED) is 0.560. The second-order valence-electron chi connectivity index (χ2n) is 3.35. The molecular formula is C12H17BrClNO2. The lowest BCUT2D eigenvalue weighted by atomic mass is 10.3. The van der Waals surface area contributed by atoms with Gasteiger partial charge in [0, 0.05) is 23.4 Å². The number of alkyl halides is 1. The fraction of sp³-hybridized carbons (Fsp3) is 0.500. The predicted molar refractivity (Wildman–Crippen MR) is 74.0 cm³/mol. The van der Waals surface area contributed by atoms with Crippen LogP contribution < -0.4 is 10.1 Å². The number of hydrogen-bond acceptors (Lipinski definition) is 3. The van der Waals surface area contributed by atoms with E-state index in [4.69, 9.17) is 21.1 Å². The third-order valence-corrected chi connectivity index (χ3v) is 2.69. The minimum Gasteiger partial charge on any atom is -0.492 e. The summed E-state index contributed by atoms with van der Waals surface area (Å²) >= 11 is 8.85. The number of hydrogen-bond donors (Lipinski definition) is 1. The van der Waals surface area contributed by atoms with Gasteiger partial charge in [0.15, 0.2) is 0 Å². The lowest BCUT2D eigenvalue weighted by molar-refractivity contribution is 0.150. The summed E-state index contributed by atoms with van der Waals surface area (Å²) in [6.45, 7) is 3.57. The van der Waals surface area contributed by atoms with Crippen molar-refractivity contribution in [1.29, 1.82) is 0 Å². The van der Waals surface area contributed by atoms with Crippen LogP contribution in [-0.2, 0) is 4.74 Å². The highest BCUT2D eigenvalue weighted by atomic mass is 79.9. The lowest BCUT2D eigenvalue weighted by Gasteiger charge is -2.07. The van der Waals surface area contributed by atoms with Crippen molar-refractivity contribution in [2.75, 3.05) is 38.8 Å². The molecule has 0 atom stereocenters. The molecule has 1 N–H and O–H groups in total. The molecule has 0 aliphatic rings. The molecule has 0 heterocycles. The van der Waals surface area contributed by atoms with Gasteiger partial charge in [0.25, 0.3) is 0 Å². The molecule has 96 valence electrons. The molecule has 0 radical (unpaired) electrons. The average molecular weight is 323 g/mol. The molecule has 0 saturated carbocycles. The van der Waals surface area contributed by atoms with Crippen molar-refractivity contribution in [2.45, 2.75) is 0 Å². The SMILES string of the molecule is ClCCOCCNCCOc1ccc(Br)cc1. The van der Waals surface area contributed by atoms with Gasteiger partial charge in [-0.05, 0) is 24.3 Å². The molecule has 5 heteroatoms. The van der Waals surface area contributed by atoms with Crippen LogP contribution in [-0.4, -0.2) is 38.8 Å². The molecule has 1 rings (SSSR count). The maximum absolute atomic E-state index is 5.54. The Bertz CT molecular complexity index is 295. The van der Waals surface area contributed by atoms with Gasteiger partial charge in [0.1, 0.15) is 12.4 Å². The summed E-state index contributed by atoms with van der Waals surface area (Å²) in [5.74, 6) is 1.43. The molecule has 0 aromatic heterocycles. The summed E-state index contributed by atoms with van der Waals surface area (Å²) in [4.78, 5) is 0. The first-order valence-corrected chi connectivity index (χ1v) is 6.88. The molecule has 0 unspecified atom stereocenters. The highest BCUT2D eigenvalue weighted by Crippen LogP contribution is 2.15. The predicted octanol–water partition coefficient (Wildman–Crippen LogP) is 2.67. The number of ether oxygens (including phenoxy) is 2. The number of rotatable bonds is 9. The summed E-state index contributed by atoms with van der Waals surface area (Å²) in [5.41, 5.74) is 0. The topological polar surface area (TPSA) is 30.5 Å². The zero-order valence-electron chi connectivity index (χ0n) is 9.62. The van der Waals surface area contributed by atoms with Gasteiger partial charge < -0.3 is 14.8 Å². The molecular weight excluding hydrogens is 305 g/mol. The summed E-state index contributed by atoms with van der Waals surface area (Å²) in [6.07, 6.45) is 0. The Kier molecular flexibility index (Phi) is 8.44. The zero-order valence-corrected chi connectivity index (χ0v) is 12.0. The van der Waals surface area contributed by atoms with Crippen molar-refractivity contribution in [1.82, 2.24) is 5.32 Å². The highest BCUT2D eigenvalue weighted by molar-refractivity contribution is 9.10. The van der Waals surface area contributed by atoms with Crippen LogP contribution in [0.3, 0.4) is 0 Å². The highest BCUT2D eigenvalue weighted by Gasteiger charge is 1.93. The molecule has 0 spiro atoms. The molecule has 3 nitrogen and oxygen atoms in total. The van der Waals surface area contributed by atoms with Crippen LogP contribution >= 0.6 is 27.5 Å². The molecule has 0 aliphatic carbocycles. The van der Waals surface area contributed by atoms with E-state index in [1.54, 1.807) is 0 Å². The Morgan fingerprint density at radius 3 is 2.47 bits per heavy atom. The Balaban J connectivity index is 1.95. The van der Waals surface area contributed by atoms with Crippen LogP contribution in [0, 0.1) is 0 Å². The van der Waals surface area contributed by atoms with Gasteiger partial charge in [0.2, 0.25) is 0 Å². The van der Waals surface area contributed by atoms with E-state index in [1.807, 2.05) is 24.3 Å². The van der Waals surface area contributed by atoms with E-state index in [2.05, 4.69) is 21.2 Å². The Labute approximate surface area is 116 Å². The van der Waals surface area contributed by atoms with Crippen molar-refractivity contribution < 1.29 is 9.47 Å². The van der Waals surface area contributed by atoms with Gasteiger partial charge >= 0.3 is 0 Å². The fourth-order valence-corrected chi connectivity index (χ4v) is 1.57. The number of nitrogens with one attached hydrogen (secondary N) is 1. The largest absolute Gasteiger partial charge is 0.492 e. The van der Waals surface area contributed by atoms with E-state index in [1.165, 1.54) is 0 Å². The smallest absolute Gasteiger partial charge is 0.119 e. The lowest BCUT2D eigenvalue weighted by Crippen LogP contribution is -2.25. The Hall–Kier alpha value is -0.290. The summed E-state index contributed by atoms with van der Waals surface area (Å²) in [7, 11) is 0. The first-order chi connectivity index (χ1) is 8.33. The van der Waals surface area contributed by atoms with Crippen molar-refractivity contribution in [3.05, 3.63) is 28.7 Å². The van der Waals surface area contributed by atoms with Crippen molar-refractivity contribution >= 4 is 27.5 Å². The van der Waals surface area contributed by atoms with E-state index in [0.29, 0.717) is 25.7 Å². The molecule has 1 aromatic rings. The number of benzene rings is 1. The van der Waals surface area contributed by atoms with E-state index in [0.717, 1.165) is 23.3 Å². The molecule has 0 saturated heterocycles. The maximum Gasteiger partial charge on any atom is 0.119 e. The van der Waals surface area contributed by atoms with Crippen LogP contribution in [0.25, 0.3) is 0 Å². The third-order valence-electron chi connectivity index (χ3n) is 2.01. The molecule has 17 heavy (non-hydrogen) atoms. The van der Waals surface area contributed by atoms with Crippen molar-refractivity contribution in [2.24, 2.45) is 0 Å². The van der Waals surface area contributed by atoms with Gasteiger partial charge in [-0.2, -0.15) is 0 Å². The van der Waals surface area contributed by atoms with Gasteiger partial charge in [0.05, 0.1) is 13.2 Å². The standard InChI is InChI=1S/C12H17BrClNO2/c13-11-1-3-12(4-2-11)17-10-7-15-6-9-16-8-5-14/h1-4,15H,5-10H2. The Morgan fingerprint density at radius 1 is 1.06 bits per heavy atom. The minimum absolute atomic E-state index is 0.548.